The normalized spacial score (nSPS) is 12.2. The van der Waals surface area contributed by atoms with Crippen LogP contribution in [0.15, 0.2) is 30.3 Å². The molecule has 0 amide bonds. The average Bonchev–Trinajstić information content (AvgIpc) is 2.63. The molecule has 0 saturated heterocycles. The number of hydrogen-bond donors (Lipinski definition) is 1. The zero-order valence-corrected chi connectivity index (χ0v) is 15.0. The van der Waals surface area contributed by atoms with Crippen molar-refractivity contribution in [2.75, 3.05) is 28.4 Å². The average molecular weight is 342 g/mol. The molecular formula is C20H22O5. The lowest BCUT2D eigenvalue weighted by Gasteiger charge is -2.18. The van der Waals surface area contributed by atoms with Crippen molar-refractivity contribution in [1.29, 1.82) is 0 Å². The molecule has 3 rings (SSSR count). The Labute approximate surface area is 146 Å². The minimum Gasteiger partial charge on any atom is -0.496 e. The second-order valence-corrected chi connectivity index (χ2v) is 5.79. The van der Waals surface area contributed by atoms with E-state index < -0.39 is 6.10 Å². The third kappa shape index (κ3) is 2.70. The largest absolute Gasteiger partial charge is 0.496 e. The highest BCUT2D eigenvalue weighted by Gasteiger charge is 2.19. The van der Waals surface area contributed by atoms with Crippen LogP contribution in [0.25, 0.3) is 21.5 Å². The Kier molecular flexibility index (Phi) is 4.59. The summed E-state index contributed by atoms with van der Waals surface area (Å²) in [6, 6.07) is 9.54. The molecule has 25 heavy (non-hydrogen) atoms. The Morgan fingerprint density at radius 2 is 1.16 bits per heavy atom. The molecule has 1 atom stereocenters. The maximum Gasteiger partial charge on any atom is 0.132 e. The summed E-state index contributed by atoms with van der Waals surface area (Å²) in [5, 5.41) is 13.7. The molecule has 0 aliphatic heterocycles. The number of aliphatic hydroxyl groups excluding tert-OH is 1. The predicted octanol–water partition coefficient (Wildman–Crippen LogP) is 4.08. The second-order valence-electron chi connectivity index (χ2n) is 5.79. The first-order chi connectivity index (χ1) is 12.0. The van der Waals surface area contributed by atoms with Gasteiger partial charge < -0.3 is 24.1 Å². The van der Waals surface area contributed by atoms with Gasteiger partial charge in [0, 0.05) is 27.1 Å². The molecule has 0 aliphatic rings. The van der Waals surface area contributed by atoms with Crippen LogP contribution in [0.5, 0.6) is 23.0 Å². The maximum atomic E-state index is 10.1. The molecule has 1 N–H and O–H groups in total. The summed E-state index contributed by atoms with van der Waals surface area (Å²) in [6.07, 6.45) is -0.684. The first-order valence-electron chi connectivity index (χ1n) is 7.97. The Morgan fingerprint density at radius 1 is 0.680 bits per heavy atom. The lowest BCUT2D eigenvalue weighted by molar-refractivity contribution is 0.194. The summed E-state index contributed by atoms with van der Waals surface area (Å²) in [7, 11) is 6.48. The number of fused-ring (bicyclic) bond motifs is 2. The van der Waals surface area contributed by atoms with Gasteiger partial charge in [-0.3, -0.25) is 0 Å². The molecule has 3 aromatic rings. The van der Waals surface area contributed by atoms with Gasteiger partial charge in [0.15, 0.2) is 0 Å². The molecule has 5 nitrogen and oxygen atoms in total. The van der Waals surface area contributed by atoms with E-state index in [1.807, 2.05) is 30.3 Å². The second kappa shape index (κ2) is 6.69. The molecule has 0 aliphatic carbocycles. The number of ether oxygens (including phenoxy) is 4. The van der Waals surface area contributed by atoms with Crippen molar-refractivity contribution < 1.29 is 24.1 Å². The smallest absolute Gasteiger partial charge is 0.132 e. The van der Waals surface area contributed by atoms with Crippen LogP contribution < -0.4 is 18.9 Å². The predicted molar refractivity (Wildman–Crippen MR) is 98.3 cm³/mol. The van der Waals surface area contributed by atoms with Gasteiger partial charge in [-0.05, 0) is 37.3 Å². The SMILES string of the molecule is COc1ccc(OC)c2cc3c(OC)c(C(C)O)cc(OC)c3cc12. The molecule has 0 fully saturated rings. The standard InChI is InChI=1S/C20H22O5/c1-11(21)12-10-19(24-4)15-8-13-14(9-16(15)20(12)25-5)18(23-3)7-6-17(13)22-2/h6-11,21H,1-5H3. The minimum absolute atomic E-state index is 0.623. The molecule has 5 heteroatoms. The summed E-state index contributed by atoms with van der Waals surface area (Å²) in [4.78, 5) is 0. The number of methoxy groups -OCH3 is 4. The van der Waals surface area contributed by atoms with Gasteiger partial charge in [-0.25, -0.2) is 0 Å². The molecule has 0 aromatic heterocycles. The van der Waals surface area contributed by atoms with Gasteiger partial charge in [0.2, 0.25) is 0 Å². The van der Waals surface area contributed by atoms with Crippen LogP contribution in [0, 0.1) is 0 Å². The summed E-state index contributed by atoms with van der Waals surface area (Å²) in [5.41, 5.74) is 0.674. The van der Waals surface area contributed by atoms with Gasteiger partial charge in [0.05, 0.1) is 34.5 Å². The van der Waals surface area contributed by atoms with Crippen LogP contribution in [0.1, 0.15) is 18.6 Å². The summed E-state index contributed by atoms with van der Waals surface area (Å²) in [6.45, 7) is 1.70. The zero-order chi connectivity index (χ0) is 18.1. The molecule has 0 bridgehead atoms. The highest BCUT2D eigenvalue weighted by atomic mass is 16.5. The first-order valence-corrected chi connectivity index (χ1v) is 7.97. The van der Waals surface area contributed by atoms with E-state index in [-0.39, 0.29) is 0 Å². The van der Waals surface area contributed by atoms with Crippen molar-refractivity contribution in [3.63, 3.8) is 0 Å². The van der Waals surface area contributed by atoms with E-state index in [2.05, 4.69) is 0 Å². The fourth-order valence-electron chi connectivity index (χ4n) is 3.23. The van der Waals surface area contributed by atoms with E-state index in [0.29, 0.717) is 17.1 Å². The van der Waals surface area contributed by atoms with Crippen molar-refractivity contribution >= 4 is 21.5 Å². The molecule has 3 aromatic carbocycles. The topological polar surface area (TPSA) is 57.2 Å². The highest BCUT2D eigenvalue weighted by Crippen LogP contribution is 2.44. The van der Waals surface area contributed by atoms with Gasteiger partial charge in [-0.15, -0.1) is 0 Å². The van der Waals surface area contributed by atoms with Crippen molar-refractivity contribution in [2.45, 2.75) is 13.0 Å². The first kappa shape index (κ1) is 17.2. The molecule has 132 valence electrons. The summed E-state index contributed by atoms with van der Waals surface area (Å²) >= 11 is 0. The number of hydrogen-bond acceptors (Lipinski definition) is 5. The highest BCUT2D eigenvalue weighted by molar-refractivity contribution is 6.08. The van der Waals surface area contributed by atoms with Crippen molar-refractivity contribution in [1.82, 2.24) is 0 Å². The molecule has 0 heterocycles. The van der Waals surface area contributed by atoms with Crippen molar-refractivity contribution in [3.05, 3.63) is 35.9 Å². The van der Waals surface area contributed by atoms with Crippen molar-refractivity contribution in [3.8, 4) is 23.0 Å². The van der Waals surface area contributed by atoms with Crippen LogP contribution in [-0.2, 0) is 0 Å². The zero-order valence-electron chi connectivity index (χ0n) is 15.0. The van der Waals surface area contributed by atoms with Gasteiger partial charge >= 0.3 is 0 Å². The summed E-state index contributed by atoms with van der Waals surface area (Å²) < 4.78 is 22.2. The van der Waals surface area contributed by atoms with Gasteiger partial charge in [0.25, 0.3) is 0 Å². The van der Waals surface area contributed by atoms with E-state index in [4.69, 9.17) is 18.9 Å². The minimum atomic E-state index is -0.684. The summed E-state index contributed by atoms with van der Waals surface area (Å²) in [5.74, 6) is 2.77. The van der Waals surface area contributed by atoms with Crippen LogP contribution in [0.2, 0.25) is 0 Å². The third-order valence-corrected chi connectivity index (χ3v) is 4.45. The van der Waals surface area contributed by atoms with Gasteiger partial charge in [-0.2, -0.15) is 0 Å². The lowest BCUT2D eigenvalue weighted by Crippen LogP contribution is -2.00. The number of aliphatic hydroxyl groups is 1. The van der Waals surface area contributed by atoms with E-state index in [1.165, 1.54) is 0 Å². The van der Waals surface area contributed by atoms with E-state index in [9.17, 15) is 5.11 Å². The number of benzene rings is 3. The molecule has 1 unspecified atom stereocenters. The molecule has 0 radical (unpaired) electrons. The fraction of sp³-hybridized carbons (Fsp3) is 0.300. The molecule has 0 saturated carbocycles. The van der Waals surface area contributed by atoms with E-state index in [0.717, 1.165) is 33.0 Å². The van der Waals surface area contributed by atoms with E-state index >= 15 is 0 Å². The monoisotopic (exact) mass is 342 g/mol. The Bertz CT molecular complexity index is 931. The van der Waals surface area contributed by atoms with Crippen LogP contribution in [0.3, 0.4) is 0 Å². The van der Waals surface area contributed by atoms with Crippen LogP contribution in [0.4, 0.5) is 0 Å². The van der Waals surface area contributed by atoms with Crippen LogP contribution in [-0.4, -0.2) is 33.5 Å². The fourth-order valence-corrected chi connectivity index (χ4v) is 3.23. The third-order valence-electron chi connectivity index (χ3n) is 4.45. The Morgan fingerprint density at radius 3 is 1.60 bits per heavy atom. The lowest BCUT2D eigenvalue weighted by atomic mass is 9.97. The van der Waals surface area contributed by atoms with Crippen molar-refractivity contribution in [2.24, 2.45) is 0 Å². The van der Waals surface area contributed by atoms with Crippen LogP contribution >= 0.6 is 0 Å². The van der Waals surface area contributed by atoms with Gasteiger partial charge in [-0.1, -0.05) is 0 Å². The Balaban J connectivity index is 2.52. The van der Waals surface area contributed by atoms with E-state index in [1.54, 1.807) is 35.4 Å². The quantitative estimate of drug-likeness (QED) is 0.708. The Hall–Kier alpha value is -2.66. The molecule has 0 spiro atoms. The van der Waals surface area contributed by atoms with Gasteiger partial charge in [0.1, 0.15) is 23.0 Å². The molecular weight excluding hydrogens is 320 g/mol. The maximum absolute atomic E-state index is 10.1. The number of rotatable bonds is 5.